The van der Waals surface area contributed by atoms with Crippen LogP contribution in [0.5, 0.6) is 11.5 Å². The van der Waals surface area contributed by atoms with Gasteiger partial charge in [-0.05, 0) is 59.7 Å². The van der Waals surface area contributed by atoms with Crippen molar-refractivity contribution in [1.82, 2.24) is 19.1 Å². The number of aryl methyl sites for hydroxylation is 2. The van der Waals surface area contributed by atoms with Gasteiger partial charge in [0.15, 0.2) is 0 Å². The molecule has 0 bridgehead atoms. The van der Waals surface area contributed by atoms with Crippen molar-refractivity contribution < 1.29 is 25.8 Å². The Morgan fingerprint density at radius 2 is 1.39 bits per heavy atom. The van der Waals surface area contributed by atoms with E-state index in [9.17, 15) is 0 Å². The summed E-state index contributed by atoms with van der Waals surface area (Å²) in [5, 5.41) is 2.22. The monoisotopic (exact) mass is 817 g/mol. The Balaban J connectivity index is 0.00000378. The molecule has 5 nitrogen and oxygen atoms in total. The van der Waals surface area contributed by atoms with Gasteiger partial charge < -0.3 is 13.9 Å². The average Bonchev–Trinajstić information content (AvgIpc) is 3.72. The molecule has 49 heavy (non-hydrogen) atoms. The minimum Gasteiger partial charge on any atom is -0.503 e. The molecule has 0 aliphatic carbocycles. The van der Waals surface area contributed by atoms with Gasteiger partial charge in [0.1, 0.15) is 5.82 Å². The molecule has 3 heterocycles. The first-order valence-corrected chi connectivity index (χ1v) is 16.2. The number of para-hydroxylation sites is 2. The van der Waals surface area contributed by atoms with E-state index in [0.717, 1.165) is 44.7 Å². The van der Waals surface area contributed by atoms with Gasteiger partial charge >= 0.3 is 21.1 Å². The first-order chi connectivity index (χ1) is 23.4. The number of rotatable bonds is 7. The maximum Gasteiger partial charge on any atom is 2.00 e. The van der Waals surface area contributed by atoms with Gasteiger partial charge in [0.05, 0.1) is 5.82 Å². The summed E-state index contributed by atoms with van der Waals surface area (Å²) in [7, 11) is 0. The van der Waals surface area contributed by atoms with Crippen LogP contribution in [0, 0.1) is 26.0 Å². The normalized spacial score (nSPS) is 11.5. The Bertz CT molecular complexity index is 2420. The van der Waals surface area contributed by atoms with Crippen LogP contribution in [-0.4, -0.2) is 19.1 Å². The number of aromatic nitrogens is 4. The Hall–Kier alpha value is -5.25. The third-order valence-corrected chi connectivity index (χ3v) is 9.30. The van der Waals surface area contributed by atoms with Crippen LogP contribution in [0.4, 0.5) is 0 Å². The summed E-state index contributed by atoms with van der Waals surface area (Å²) in [5.74, 6) is 2.83. The molecule has 0 radical (unpaired) electrons. The number of nitrogens with zero attached hydrogens (tertiary/aromatic N) is 4. The second-order valence-electron chi connectivity index (χ2n) is 12.7. The fourth-order valence-electron chi connectivity index (χ4n) is 6.75. The van der Waals surface area contributed by atoms with Crippen molar-refractivity contribution in [3.8, 4) is 34.4 Å². The molecular weight excluding hydrogens is 784 g/mol. The summed E-state index contributed by atoms with van der Waals surface area (Å²) >= 11 is 0. The maximum atomic E-state index is 6.46. The Morgan fingerprint density at radius 3 is 2.20 bits per heavy atom. The molecule has 0 unspecified atom stereocenters. The van der Waals surface area contributed by atoms with Crippen molar-refractivity contribution in [3.63, 3.8) is 0 Å². The van der Waals surface area contributed by atoms with Gasteiger partial charge in [0, 0.05) is 46.7 Å². The number of fused-ring (bicyclic) bond motifs is 3. The van der Waals surface area contributed by atoms with E-state index >= 15 is 0 Å². The predicted octanol–water partition coefficient (Wildman–Crippen LogP) is 10.4. The molecule has 0 atom stereocenters. The summed E-state index contributed by atoms with van der Waals surface area (Å²) in [5.41, 5.74) is 8.53. The van der Waals surface area contributed by atoms with E-state index in [4.69, 9.17) is 14.7 Å². The molecular formula is C43H34N4OPt. The molecule has 242 valence electrons. The second kappa shape index (κ2) is 13.0. The molecule has 0 saturated heterocycles. The summed E-state index contributed by atoms with van der Waals surface area (Å²) < 4.78 is 10.8. The Kier molecular flexibility index (Phi) is 8.56. The zero-order chi connectivity index (χ0) is 32.8. The van der Waals surface area contributed by atoms with E-state index in [1.165, 1.54) is 22.3 Å². The van der Waals surface area contributed by atoms with Crippen LogP contribution in [0.1, 0.15) is 36.1 Å². The van der Waals surface area contributed by atoms with Crippen LogP contribution in [-0.2, 0) is 26.5 Å². The van der Waals surface area contributed by atoms with E-state index < -0.39 is 0 Å². The number of imidazole rings is 1. The predicted molar refractivity (Wildman–Crippen MR) is 193 cm³/mol. The van der Waals surface area contributed by atoms with Crippen molar-refractivity contribution in [2.75, 3.05) is 0 Å². The summed E-state index contributed by atoms with van der Waals surface area (Å²) in [4.78, 5) is 9.58. The van der Waals surface area contributed by atoms with Crippen LogP contribution < -0.4 is 4.74 Å². The van der Waals surface area contributed by atoms with Gasteiger partial charge in [0.2, 0.25) is 0 Å². The summed E-state index contributed by atoms with van der Waals surface area (Å²) in [6.07, 6.45) is 5.72. The maximum absolute atomic E-state index is 6.46. The van der Waals surface area contributed by atoms with Crippen molar-refractivity contribution >= 4 is 21.8 Å². The first-order valence-electron chi connectivity index (χ1n) is 16.2. The molecule has 0 aliphatic heterocycles. The van der Waals surface area contributed by atoms with Gasteiger partial charge in [-0.15, -0.1) is 41.3 Å². The smallest absolute Gasteiger partial charge is 0.503 e. The van der Waals surface area contributed by atoms with Crippen LogP contribution >= 0.6 is 0 Å². The topological polar surface area (TPSA) is 44.9 Å². The van der Waals surface area contributed by atoms with Crippen LogP contribution in [0.2, 0.25) is 0 Å². The number of benzene rings is 5. The Morgan fingerprint density at radius 1 is 0.653 bits per heavy atom. The standard InChI is InChI=1S/C43H34N4O.Pt/c1-29-12-10-13-30(2)41(29)46-25-24-45-42(46)31-14-11-17-34(26-31)48-35-20-21-37-36-18-8-9-19-38(36)47(39(37)28-35)40-27-33(22-23-44-40)43(3,4)32-15-6-5-7-16-32;/h5-25,27H,1-4H3;/q-2;+2. The SMILES string of the molecule is Cc1cccc(C)c1-n1ccnc1-c1[c-]c(Oc2[c-]c3c(cc2)c2ccccc2n3-c2cc(C(C)(C)c3ccccc3)ccn2)ccc1.[Pt+2]. The molecule has 5 aromatic carbocycles. The molecule has 8 rings (SSSR count). The van der Waals surface area contributed by atoms with Gasteiger partial charge in [-0.25, -0.2) is 4.98 Å². The third-order valence-electron chi connectivity index (χ3n) is 9.30. The first kappa shape index (κ1) is 32.3. The summed E-state index contributed by atoms with van der Waals surface area (Å²) in [6, 6.07) is 46.7. The zero-order valence-electron chi connectivity index (χ0n) is 27.7. The molecule has 3 aromatic heterocycles. The molecule has 0 amide bonds. The van der Waals surface area contributed by atoms with E-state index in [1.54, 1.807) is 0 Å². The van der Waals surface area contributed by atoms with E-state index in [0.29, 0.717) is 11.5 Å². The molecule has 0 saturated carbocycles. The summed E-state index contributed by atoms with van der Waals surface area (Å²) in [6.45, 7) is 8.75. The number of hydrogen-bond donors (Lipinski definition) is 0. The fraction of sp³-hybridized carbons (Fsp3) is 0.116. The minimum absolute atomic E-state index is 0. The average molecular weight is 818 g/mol. The fourth-order valence-corrected chi connectivity index (χ4v) is 6.75. The van der Waals surface area contributed by atoms with Gasteiger partial charge in [0.25, 0.3) is 0 Å². The number of pyridine rings is 1. The van der Waals surface area contributed by atoms with Crippen molar-refractivity contribution in [2.45, 2.75) is 33.1 Å². The van der Waals surface area contributed by atoms with E-state index in [1.807, 2.05) is 42.9 Å². The van der Waals surface area contributed by atoms with Gasteiger partial charge in [-0.1, -0.05) is 92.2 Å². The van der Waals surface area contributed by atoms with Gasteiger partial charge in [-0.2, -0.15) is 6.07 Å². The zero-order valence-corrected chi connectivity index (χ0v) is 30.0. The number of ether oxygens (including phenoxy) is 1. The van der Waals surface area contributed by atoms with Gasteiger partial charge in [-0.3, -0.25) is 4.98 Å². The molecule has 8 aromatic rings. The minimum atomic E-state index is -0.205. The Labute approximate surface area is 301 Å². The van der Waals surface area contributed by atoms with E-state index in [2.05, 4.69) is 140 Å². The molecule has 0 fully saturated rings. The van der Waals surface area contributed by atoms with Crippen LogP contribution in [0.15, 0.2) is 134 Å². The third kappa shape index (κ3) is 5.79. The van der Waals surface area contributed by atoms with Crippen molar-refractivity contribution in [2.24, 2.45) is 0 Å². The van der Waals surface area contributed by atoms with Crippen LogP contribution in [0.25, 0.3) is 44.7 Å². The quantitative estimate of drug-likeness (QED) is 0.151. The largest absolute Gasteiger partial charge is 2.00 e. The number of hydrogen-bond acceptors (Lipinski definition) is 3. The molecule has 0 aliphatic rings. The van der Waals surface area contributed by atoms with Crippen molar-refractivity contribution in [3.05, 3.63) is 168 Å². The van der Waals surface area contributed by atoms with E-state index in [-0.39, 0.29) is 26.5 Å². The molecule has 6 heteroatoms. The molecule has 0 N–H and O–H groups in total. The second-order valence-corrected chi connectivity index (χ2v) is 12.7. The van der Waals surface area contributed by atoms with Crippen LogP contribution in [0.3, 0.4) is 0 Å². The molecule has 0 spiro atoms. The van der Waals surface area contributed by atoms with Crippen molar-refractivity contribution in [1.29, 1.82) is 0 Å².